The highest BCUT2D eigenvalue weighted by molar-refractivity contribution is 5.94. The molecule has 1 N–H and O–H groups in total. The van der Waals surface area contributed by atoms with Crippen LogP contribution in [0.5, 0.6) is 0 Å². The molecule has 1 spiro atoms. The highest BCUT2D eigenvalue weighted by atomic mass is 16.5. The zero-order chi connectivity index (χ0) is 19.9. The Hall–Kier alpha value is -2.18. The molecule has 0 radical (unpaired) electrons. The molecule has 28 heavy (non-hydrogen) atoms. The Morgan fingerprint density at radius 2 is 1.82 bits per heavy atom. The number of rotatable bonds is 2. The van der Waals surface area contributed by atoms with E-state index in [4.69, 9.17) is 4.74 Å². The van der Waals surface area contributed by atoms with E-state index in [1.54, 1.807) is 0 Å². The molecule has 1 atom stereocenters. The van der Waals surface area contributed by atoms with Gasteiger partial charge in [-0.25, -0.2) is 4.68 Å². The van der Waals surface area contributed by atoms with Gasteiger partial charge in [0.25, 0.3) is 5.91 Å². The second-order valence-corrected chi connectivity index (χ2v) is 8.63. The van der Waals surface area contributed by atoms with E-state index in [9.17, 15) is 9.90 Å². The van der Waals surface area contributed by atoms with Crippen molar-refractivity contribution < 1.29 is 14.6 Å². The van der Waals surface area contributed by atoms with Gasteiger partial charge in [0.05, 0.1) is 29.2 Å². The molecule has 1 aromatic heterocycles. The van der Waals surface area contributed by atoms with Gasteiger partial charge in [-0.1, -0.05) is 0 Å². The van der Waals surface area contributed by atoms with Crippen molar-refractivity contribution in [3.63, 3.8) is 0 Å². The van der Waals surface area contributed by atoms with Crippen LogP contribution in [0.3, 0.4) is 0 Å². The van der Waals surface area contributed by atoms with E-state index in [2.05, 4.69) is 5.10 Å². The summed E-state index contributed by atoms with van der Waals surface area (Å²) in [5, 5.41) is 14.9. The van der Waals surface area contributed by atoms with Crippen LogP contribution in [0.2, 0.25) is 0 Å². The van der Waals surface area contributed by atoms with Gasteiger partial charge in [0.2, 0.25) is 0 Å². The molecular formula is C22H29N3O3. The van der Waals surface area contributed by atoms with E-state index in [0.29, 0.717) is 38.1 Å². The number of hydrogen-bond acceptors (Lipinski definition) is 4. The average Bonchev–Trinajstić information content (AvgIpc) is 2.99. The van der Waals surface area contributed by atoms with Crippen LogP contribution < -0.4 is 0 Å². The van der Waals surface area contributed by atoms with Gasteiger partial charge in [-0.15, -0.1) is 0 Å². The summed E-state index contributed by atoms with van der Waals surface area (Å²) in [6.45, 7) is 7.80. The number of aliphatic hydroxyl groups is 1. The maximum atomic E-state index is 12.9. The third-order valence-corrected chi connectivity index (χ3v) is 6.08. The molecule has 2 aliphatic heterocycles. The van der Waals surface area contributed by atoms with Crippen molar-refractivity contribution in [3.8, 4) is 5.69 Å². The molecule has 1 aromatic carbocycles. The third-order valence-electron chi connectivity index (χ3n) is 6.08. The summed E-state index contributed by atoms with van der Waals surface area (Å²) >= 11 is 0. The number of carbonyl (C=O) groups excluding carboxylic acids is 1. The molecule has 2 aromatic rings. The van der Waals surface area contributed by atoms with E-state index >= 15 is 0 Å². The quantitative estimate of drug-likeness (QED) is 0.866. The van der Waals surface area contributed by atoms with Gasteiger partial charge in [0, 0.05) is 30.8 Å². The number of ether oxygens (including phenoxy) is 1. The Morgan fingerprint density at radius 1 is 1.14 bits per heavy atom. The van der Waals surface area contributed by atoms with Crippen molar-refractivity contribution in [1.82, 2.24) is 14.7 Å². The molecule has 2 fully saturated rings. The minimum atomic E-state index is -0.663. The first-order valence-electron chi connectivity index (χ1n) is 10.1. The molecule has 2 saturated heterocycles. The van der Waals surface area contributed by atoms with Crippen LogP contribution in [0.25, 0.3) is 5.69 Å². The van der Waals surface area contributed by atoms with Gasteiger partial charge in [0.15, 0.2) is 0 Å². The largest absolute Gasteiger partial charge is 0.390 e. The zero-order valence-corrected chi connectivity index (χ0v) is 16.9. The molecule has 3 heterocycles. The first-order chi connectivity index (χ1) is 13.3. The monoisotopic (exact) mass is 383 g/mol. The molecule has 150 valence electrons. The van der Waals surface area contributed by atoms with Crippen LogP contribution in [-0.2, 0) is 4.74 Å². The van der Waals surface area contributed by atoms with Crippen LogP contribution >= 0.6 is 0 Å². The minimum Gasteiger partial charge on any atom is -0.390 e. The molecular weight excluding hydrogens is 354 g/mol. The number of carbonyl (C=O) groups is 1. The SMILES string of the molecule is Cc1cc(C)n(-c2ccc(C(=O)N3CCC4(CC3)CC(C)(O)CCO4)cc2)n1. The number of nitrogens with zero attached hydrogens (tertiary/aromatic N) is 3. The van der Waals surface area contributed by atoms with E-state index in [-0.39, 0.29) is 11.5 Å². The standard InChI is InChI=1S/C22H29N3O3/c1-16-14-17(2)25(23-16)19-6-4-18(5-7-19)20(26)24-11-8-22(9-12-24)15-21(3,27)10-13-28-22/h4-7,14,27H,8-13,15H2,1-3H3. The van der Waals surface area contributed by atoms with Crippen molar-refractivity contribution in [2.24, 2.45) is 0 Å². The van der Waals surface area contributed by atoms with Crippen LogP contribution in [0.15, 0.2) is 30.3 Å². The highest BCUT2D eigenvalue weighted by Gasteiger charge is 2.44. The smallest absolute Gasteiger partial charge is 0.253 e. The number of hydrogen-bond donors (Lipinski definition) is 1. The number of piperidine rings is 1. The molecule has 6 nitrogen and oxygen atoms in total. The Labute approximate surface area is 166 Å². The van der Waals surface area contributed by atoms with Crippen molar-refractivity contribution in [1.29, 1.82) is 0 Å². The van der Waals surface area contributed by atoms with Gasteiger partial charge < -0.3 is 14.7 Å². The predicted octanol–water partition coefficient (Wildman–Crippen LogP) is 3.03. The first kappa shape index (κ1) is 19.2. The van der Waals surface area contributed by atoms with Crippen molar-refractivity contribution in [3.05, 3.63) is 47.3 Å². The second-order valence-electron chi connectivity index (χ2n) is 8.63. The maximum absolute atomic E-state index is 12.9. The van der Waals surface area contributed by atoms with E-state index < -0.39 is 5.60 Å². The summed E-state index contributed by atoms with van der Waals surface area (Å²) in [6, 6.07) is 9.67. The molecule has 1 unspecified atom stereocenters. The first-order valence-corrected chi connectivity index (χ1v) is 10.1. The Balaban J connectivity index is 1.42. The molecule has 0 saturated carbocycles. The normalized spacial score (nSPS) is 24.5. The van der Waals surface area contributed by atoms with Crippen LogP contribution in [0, 0.1) is 13.8 Å². The van der Waals surface area contributed by atoms with Crippen molar-refractivity contribution >= 4 is 5.91 Å². The molecule has 0 aliphatic carbocycles. The lowest BCUT2D eigenvalue weighted by atomic mass is 9.78. The highest BCUT2D eigenvalue weighted by Crippen LogP contribution is 2.39. The lowest BCUT2D eigenvalue weighted by molar-refractivity contribution is -0.170. The fourth-order valence-corrected chi connectivity index (χ4v) is 4.58. The van der Waals surface area contributed by atoms with Gasteiger partial charge in [-0.2, -0.15) is 5.10 Å². The van der Waals surface area contributed by atoms with Gasteiger partial charge in [0.1, 0.15) is 0 Å². The van der Waals surface area contributed by atoms with Crippen LogP contribution in [0.4, 0.5) is 0 Å². The topological polar surface area (TPSA) is 67.6 Å². The van der Waals surface area contributed by atoms with Crippen LogP contribution in [0.1, 0.15) is 54.4 Å². The van der Waals surface area contributed by atoms with E-state index in [1.165, 1.54) is 0 Å². The summed E-state index contributed by atoms with van der Waals surface area (Å²) in [5.41, 5.74) is 2.75. The minimum absolute atomic E-state index is 0.0531. The molecule has 2 aliphatic rings. The summed E-state index contributed by atoms with van der Waals surface area (Å²) in [6.07, 6.45) is 2.88. The number of benzene rings is 1. The maximum Gasteiger partial charge on any atom is 0.253 e. The summed E-state index contributed by atoms with van der Waals surface area (Å²) < 4.78 is 7.94. The summed E-state index contributed by atoms with van der Waals surface area (Å²) in [4.78, 5) is 14.8. The average molecular weight is 383 g/mol. The van der Waals surface area contributed by atoms with Gasteiger partial charge in [-0.3, -0.25) is 4.79 Å². The van der Waals surface area contributed by atoms with Gasteiger partial charge in [-0.05, 0) is 70.4 Å². The number of amides is 1. The molecule has 1 amide bonds. The fraction of sp³-hybridized carbons (Fsp3) is 0.545. The van der Waals surface area contributed by atoms with Gasteiger partial charge >= 0.3 is 0 Å². The van der Waals surface area contributed by atoms with Crippen molar-refractivity contribution in [2.75, 3.05) is 19.7 Å². The lowest BCUT2D eigenvalue weighted by Gasteiger charge is -2.48. The number of aromatic nitrogens is 2. The lowest BCUT2D eigenvalue weighted by Crippen LogP contribution is -2.54. The zero-order valence-electron chi connectivity index (χ0n) is 16.9. The van der Waals surface area contributed by atoms with E-state index in [0.717, 1.165) is 29.9 Å². The van der Waals surface area contributed by atoms with Crippen molar-refractivity contribution in [2.45, 2.75) is 57.7 Å². The van der Waals surface area contributed by atoms with Crippen LogP contribution in [-0.4, -0.2) is 56.6 Å². The second kappa shape index (κ2) is 7.01. The Morgan fingerprint density at radius 3 is 2.39 bits per heavy atom. The van der Waals surface area contributed by atoms with E-state index in [1.807, 2.05) is 60.7 Å². The number of aryl methyl sites for hydroxylation is 2. The number of likely N-dealkylation sites (tertiary alicyclic amines) is 1. The predicted molar refractivity (Wildman–Crippen MR) is 107 cm³/mol. The Kier molecular flexibility index (Phi) is 4.79. The summed E-state index contributed by atoms with van der Waals surface area (Å²) in [7, 11) is 0. The fourth-order valence-electron chi connectivity index (χ4n) is 4.58. The molecule has 0 bridgehead atoms. The third kappa shape index (κ3) is 3.71. The molecule has 4 rings (SSSR count). The summed E-state index contributed by atoms with van der Waals surface area (Å²) in [5.74, 6) is 0.0531. The molecule has 6 heteroatoms. The Bertz CT molecular complexity index is 862.